The van der Waals surface area contributed by atoms with E-state index in [-0.39, 0.29) is 22.9 Å². The predicted molar refractivity (Wildman–Crippen MR) is 142 cm³/mol. The number of carbonyl (C=O) groups excluding carboxylic acids is 1. The summed E-state index contributed by atoms with van der Waals surface area (Å²) in [6.45, 7) is 6.19. The maximum Gasteiger partial charge on any atom is 0.433 e. The number of amides is 1. The van der Waals surface area contributed by atoms with Crippen molar-refractivity contribution in [1.82, 2.24) is 15.3 Å². The van der Waals surface area contributed by atoms with Crippen LogP contribution in [0, 0.1) is 18.6 Å². The lowest BCUT2D eigenvalue weighted by atomic mass is 10.1. The van der Waals surface area contributed by atoms with E-state index in [9.17, 15) is 26.7 Å². The van der Waals surface area contributed by atoms with Crippen molar-refractivity contribution < 1.29 is 35.9 Å². The first kappa shape index (κ1) is 32.2. The van der Waals surface area contributed by atoms with Gasteiger partial charge in [0.15, 0.2) is 5.69 Å². The van der Waals surface area contributed by atoms with Gasteiger partial charge < -0.3 is 20.2 Å². The zero-order chi connectivity index (χ0) is 30.0. The Morgan fingerprint density at radius 1 is 1.07 bits per heavy atom. The number of aromatic nitrogens is 2. The van der Waals surface area contributed by atoms with E-state index in [1.807, 2.05) is 13.8 Å². The molecule has 2 aromatic heterocycles. The molecule has 4 aromatic rings. The van der Waals surface area contributed by atoms with Gasteiger partial charge in [0.05, 0.1) is 7.11 Å². The second-order valence-corrected chi connectivity index (χ2v) is 8.30. The summed E-state index contributed by atoms with van der Waals surface area (Å²) in [5, 5.41) is 2.81. The Hall–Kier alpha value is -4.06. The van der Waals surface area contributed by atoms with Gasteiger partial charge in [0.25, 0.3) is 5.91 Å². The fourth-order valence-electron chi connectivity index (χ4n) is 3.54. The first-order valence-electron chi connectivity index (χ1n) is 12.3. The molecule has 0 aliphatic heterocycles. The molecule has 0 saturated carbocycles. The normalized spacial score (nSPS) is 10.8. The maximum atomic E-state index is 13.0. The number of oxazole rings is 1. The number of nitrogens with zero attached hydrogens (tertiary/aromatic N) is 2. The van der Waals surface area contributed by atoms with Crippen molar-refractivity contribution in [2.24, 2.45) is 5.73 Å². The molecule has 2 aromatic carbocycles. The number of benzene rings is 2. The Bertz CT molecular complexity index is 1440. The molecule has 12 heteroatoms. The van der Waals surface area contributed by atoms with Crippen LogP contribution in [0.3, 0.4) is 0 Å². The van der Waals surface area contributed by atoms with E-state index in [1.165, 1.54) is 38.4 Å². The molecule has 0 bridgehead atoms. The zero-order valence-corrected chi connectivity index (χ0v) is 22.7. The minimum absolute atomic E-state index is 0.0252. The molecule has 0 unspecified atom stereocenters. The van der Waals surface area contributed by atoms with E-state index >= 15 is 0 Å². The van der Waals surface area contributed by atoms with E-state index in [2.05, 4.69) is 15.3 Å². The molecule has 40 heavy (non-hydrogen) atoms. The summed E-state index contributed by atoms with van der Waals surface area (Å²) in [7, 11) is 2.80. The molecule has 1 amide bonds. The molecule has 0 fully saturated rings. The predicted octanol–water partition coefficient (Wildman–Crippen LogP) is 6.47. The molecule has 0 radical (unpaired) electrons. The van der Waals surface area contributed by atoms with Crippen molar-refractivity contribution in [2.45, 2.75) is 39.8 Å². The van der Waals surface area contributed by atoms with Crippen molar-refractivity contribution in [2.75, 3.05) is 20.7 Å². The quantitative estimate of drug-likeness (QED) is 0.269. The fourth-order valence-corrected chi connectivity index (χ4v) is 3.54. The number of hydrogen-bond donors (Lipinski definition) is 2. The Labute approximate surface area is 228 Å². The van der Waals surface area contributed by atoms with Crippen molar-refractivity contribution in [3.05, 3.63) is 76.8 Å². The van der Waals surface area contributed by atoms with Crippen LogP contribution in [0.5, 0.6) is 5.75 Å². The second-order valence-electron chi connectivity index (χ2n) is 8.30. The lowest BCUT2D eigenvalue weighted by Gasteiger charge is -2.11. The van der Waals surface area contributed by atoms with E-state index in [0.29, 0.717) is 28.7 Å². The molecule has 0 spiro atoms. The van der Waals surface area contributed by atoms with Crippen LogP contribution in [-0.4, -0.2) is 36.6 Å². The number of nitrogens with two attached hydrogens (primary N) is 1. The smallest absolute Gasteiger partial charge is 0.433 e. The molecule has 0 aliphatic carbocycles. The number of halogens is 5. The van der Waals surface area contributed by atoms with Crippen LogP contribution in [-0.2, 0) is 12.6 Å². The monoisotopic (exact) mass is 566 g/mol. The van der Waals surface area contributed by atoms with Gasteiger partial charge in [0.2, 0.25) is 5.89 Å². The summed E-state index contributed by atoms with van der Waals surface area (Å²) in [5.41, 5.74) is 4.94. The van der Waals surface area contributed by atoms with Crippen LogP contribution in [0.4, 0.5) is 22.0 Å². The topological polar surface area (TPSA) is 103 Å². The third-order valence-corrected chi connectivity index (χ3v) is 5.33. The third-order valence-electron chi connectivity index (χ3n) is 5.33. The van der Waals surface area contributed by atoms with E-state index in [4.69, 9.17) is 14.9 Å². The van der Waals surface area contributed by atoms with Crippen LogP contribution in [0.2, 0.25) is 0 Å². The maximum absolute atomic E-state index is 13.0. The van der Waals surface area contributed by atoms with Crippen molar-refractivity contribution in [3.8, 4) is 17.2 Å². The highest BCUT2D eigenvalue weighted by molar-refractivity contribution is 5.98. The van der Waals surface area contributed by atoms with E-state index in [0.717, 1.165) is 25.1 Å². The summed E-state index contributed by atoms with van der Waals surface area (Å²) in [6, 6.07) is 8.93. The number of carbonyl (C=O) groups is 1. The lowest BCUT2D eigenvalue weighted by molar-refractivity contribution is -0.140. The minimum Gasteiger partial charge on any atom is -0.494 e. The summed E-state index contributed by atoms with van der Waals surface area (Å²) < 4.78 is 74.8. The first-order valence-corrected chi connectivity index (χ1v) is 12.3. The van der Waals surface area contributed by atoms with E-state index in [1.54, 1.807) is 13.0 Å². The Morgan fingerprint density at radius 2 is 1.75 bits per heavy atom. The molecule has 7 nitrogen and oxygen atoms in total. The number of rotatable bonds is 5. The van der Waals surface area contributed by atoms with Crippen LogP contribution >= 0.6 is 0 Å². The molecular weight excluding hydrogens is 535 g/mol. The Balaban J connectivity index is 0.000000333. The average Bonchev–Trinajstić information content (AvgIpc) is 3.30. The minimum atomic E-state index is -4.58. The van der Waals surface area contributed by atoms with Crippen LogP contribution in [0.1, 0.15) is 47.8 Å². The number of methoxy groups -OCH3 is 1. The lowest BCUT2D eigenvalue weighted by Crippen LogP contribution is -2.19. The zero-order valence-electron chi connectivity index (χ0n) is 22.7. The van der Waals surface area contributed by atoms with Crippen molar-refractivity contribution >= 4 is 16.8 Å². The number of fused-ring (bicyclic) bond motifs is 1. The molecule has 3 N–H and O–H groups in total. The summed E-state index contributed by atoms with van der Waals surface area (Å²) in [6.07, 6.45) is -3.03. The SMILES string of the molecule is CCCc1ccc(F)cc1F.CCN.CNC(=O)c1nc(-c2ccc(OC)c3nc(C(F)(F)F)ccc23)oc1C. The van der Waals surface area contributed by atoms with Gasteiger partial charge in [-0.2, -0.15) is 13.2 Å². The number of alkyl halides is 3. The summed E-state index contributed by atoms with van der Waals surface area (Å²) in [5.74, 6) is -0.787. The highest BCUT2D eigenvalue weighted by Crippen LogP contribution is 2.36. The highest BCUT2D eigenvalue weighted by Gasteiger charge is 2.33. The fraction of sp³-hybridized carbons (Fsp3) is 0.321. The van der Waals surface area contributed by atoms with Crippen LogP contribution in [0.15, 0.2) is 46.9 Å². The molecule has 4 rings (SSSR count). The molecule has 2 heterocycles. The van der Waals surface area contributed by atoms with Gasteiger partial charge in [-0.25, -0.2) is 18.7 Å². The third kappa shape index (κ3) is 7.98. The van der Waals surface area contributed by atoms with E-state index < -0.39 is 29.4 Å². The molecular formula is C28H31F5N4O3. The van der Waals surface area contributed by atoms with Gasteiger partial charge in [-0.3, -0.25) is 4.79 Å². The second kappa shape index (κ2) is 14.4. The molecule has 0 saturated heterocycles. The summed E-state index contributed by atoms with van der Waals surface area (Å²) >= 11 is 0. The van der Waals surface area contributed by atoms with Crippen molar-refractivity contribution in [1.29, 1.82) is 0 Å². The molecule has 0 atom stereocenters. The van der Waals surface area contributed by atoms with Gasteiger partial charge >= 0.3 is 6.18 Å². The largest absolute Gasteiger partial charge is 0.494 e. The average molecular weight is 567 g/mol. The Morgan fingerprint density at radius 3 is 2.30 bits per heavy atom. The number of nitrogens with one attached hydrogen (secondary N) is 1. The first-order chi connectivity index (χ1) is 18.9. The Kier molecular flexibility index (Phi) is 11.5. The van der Waals surface area contributed by atoms with Gasteiger partial charge in [0, 0.05) is 24.1 Å². The van der Waals surface area contributed by atoms with Gasteiger partial charge in [-0.15, -0.1) is 0 Å². The number of pyridine rings is 1. The van der Waals surface area contributed by atoms with Crippen LogP contribution < -0.4 is 15.8 Å². The van der Waals surface area contributed by atoms with Gasteiger partial charge in [-0.1, -0.05) is 26.3 Å². The molecule has 216 valence electrons. The van der Waals surface area contributed by atoms with Gasteiger partial charge in [-0.05, 0) is 55.8 Å². The number of ether oxygens (including phenoxy) is 1. The number of hydrogen-bond acceptors (Lipinski definition) is 6. The van der Waals surface area contributed by atoms with Crippen LogP contribution in [0.25, 0.3) is 22.4 Å². The summed E-state index contributed by atoms with van der Waals surface area (Å²) in [4.78, 5) is 19.7. The molecule has 0 aliphatic rings. The highest BCUT2D eigenvalue weighted by atomic mass is 19.4. The number of aryl methyl sites for hydroxylation is 2. The van der Waals surface area contributed by atoms with Crippen molar-refractivity contribution in [3.63, 3.8) is 0 Å². The standard InChI is InChI=1S/C17H14F3N3O3.C9H10F2.C2H7N/c1-8-13(15(24)21-2)23-16(26-8)10-4-6-11(25-3)14-9(10)5-7-12(22-14)17(18,19)20;1-2-3-7-4-5-8(10)6-9(7)11;1-2-3/h4-7H,1-3H3,(H,21,24);4-6H,2-3H2,1H3;2-3H2,1H3. The van der Waals surface area contributed by atoms with Gasteiger partial charge in [0.1, 0.15) is 34.4 Å².